The van der Waals surface area contributed by atoms with E-state index in [0.29, 0.717) is 29.3 Å². The fourth-order valence-corrected chi connectivity index (χ4v) is 4.58. The zero-order valence-corrected chi connectivity index (χ0v) is 17.7. The Balaban J connectivity index is 1.38. The van der Waals surface area contributed by atoms with Crippen LogP contribution in [0.2, 0.25) is 0 Å². The van der Waals surface area contributed by atoms with Crippen LogP contribution < -0.4 is 15.0 Å². The third-order valence-corrected chi connectivity index (χ3v) is 6.21. The van der Waals surface area contributed by atoms with Gasteiger partial charge in [0.15, 0.2) is 11.5 Å². The van der Waals surface area contributed by atoms with Crippen molar-refractivity contribution in [3.05, 3.63) is 35.2 Å². The van der Waals surface area contributed by atoms with Crippen molar-refractivity contribution >= 4 is 17.5 Å². The maximum absolute atomic E-state index is 12.3. The maximum atomic E-state index is 12.3. The van der Waals surface area contributed by atoms with Crippen molar-refractivity contribution in [2.24, 2.45) is 0 Å². The van der Waals surface area contributed by atoms with Crippen molar-refractivity contribution < 1.29 is 14.1 Å². The van der Waals surface area contributed by atoms with E-state index in [9.17, 15) is 4.79 Å². The Morgan fingerprint density at radius 2 is 2.07 bits per heavy atom. The molecule has 3 heterocycles. The lowest BCUT2D eigenvalue weighted by Crippen LogP contribution is -2.39. The number of likely N-dealkylation sites (tertiary alicyclic amines) is 1. The van der Waals surface area contributed by atoms with Crippen LogP contribution in [-0.2, 0) is 0 Å². The molecule has 2 aliphatic rings. The van der Waals surface area contributed by atoms with E-state index in [4.69, 9.17) is 9.26 Å². The molecule has 2 aromatic rings. The van der Waals surface area contributed by atoms with Gasteiger partial charge in [-0.05, 0) is 70.3 Å². The van der Waals surface area contributed by atoms with Gasteiger partial charge in [-0.15, -0.1) is 0 Å². The highest BCUT2D eigenvalue weighted by Crippen LogP contribution is 2.30. The first-order valence-corrected chi connectivity index (χ1v) is 10.5. The van der Waals surface area contributed by atoms with Crippen LogP contribution >= 0.6 is 0 Å². The summed E-state index contributed by atoms with van der Waals surface area (Å²) < 4.78 is 10.4. The third-order valence-electron chi connectivity index (χ3n) is 6.21. The van der Waals surface area contributed by atoms with Crippen LogP contribution in [0.4, 0.5) is 16.2 Å². The van der Waals surface area contributed by atoms with E-state index in [1.165, 1.54) is 31.5 Å². The topological polar surface area (TPSA) is 70.8 Å². The van der Waals surface area contributed by atoms with Gasteiger partial charge in [0.2, 0.25) is 0 Å². The van der Waals surface area contributed by atoms with Gasteiger partial charge in [0.05, 0.1) is 0 Å². The summed E-state index contributed by atoms with van der Waals surface area (Å²) in [7, 11) is 0. The van der Waals surface area contributed by atoms with Crippen LogP contribution in [0.15, 0.2) is 22.7 Å². The lowest BCUT2D eigenvalue weighted by atomic mass is 10.1. The molecule has 0 bridgehead atoms. The van der Waals surface area contributed by atoms with Crippen molar-refractivity contribution in [1.82, 2.24) is 10.1 Å². The van der Waals surface area contributed by atoms with Crippen LogP contribution in [-0.4, -0.2) is 47.9 Å². The first-order chi connectivity index (χ1) is 13.9. The molecule has 0 spiro atoms. The number of anilines is 2. The lowest BCUT2D eigenvalue weighted by molar-refractivity contribution is 0.204. The Morgan fingerprint density at radius 3 is 2.72 bits per heavy atom. The third kappa shape index (κ3) is 4.10. The molecule has 29 heavy (non-hydrogen) atoms. The molecule has 0 saturated carbocycles. The van der Waals surface area contributed by atoms with Crippen LogP contribution in [0.25, 0.3) is 0 Å². The summed E-state index contributed by atoms with van der Waals surface area (Å²) in [6.07, 6.45) is 3.31. The zero-order chi connectivity index (χ0) is 20.5. The van der Waals surface area contributed by atoms with E-state index < -0.39 is 6.09 Å². The summed E-state index contributed by atoms with van der Waals surface area (Å²) in [4.78, 5) is 17.4. The normalized spacial score (nSPS) is 22.3. The standard InChI is InChI=1S/C22H30N4O3/c1-14-12-18(25-11-9-19(13-25)26-10-5-6-15(26)2)7-8-20(14)23-22(27)28-21-16(3)24-29-17(21)4/h7-8,12,15,19H,5-6,9-11,13H2,1-4H3,(H,23,27)/t15-,19-/m0/s1. The summed E-state index contributed by atoms with van der Waals surface area (Å²) in [6, 6.07) is 7.52. The minimum absolute atomic E-state index is 0.371. The molecule has 0 unspecified atom stereocenters. The number of benzene rings is 1. The van der Waals surface area contributed by atoms with Gasteiger partial charge >= 0.3 is 6.09 Å². The van der Waals surface area contributed by atoms with Gasteiger partial charge < -0.3 is 14.2 Å². The van der Waals surface area contributed by atoms with Gasteiger partial charge in [-0.3, -0.25) is 10.2 Å². The number of carbonyl (C=O) groups excluding carboxylic acids is 1. The van der Waals surface area contributed by atoms with Gasteiger partial charge in [0.25, 0.3) is 0 Å². The Morgan fingerprint density at radius 1 is 1.24 bits per heavy atom. The molecule has 156 valence electrons. The quantitative estimate of drug-likeness (QED) is 0.829. The molecule has 1 aromatic heterocycles. The van der Waals surface area contributed by atoms with Crippen molar-refractivity contribution in [2.75, 3.05) is 29.9 Å². The SMILES string of the molecule is Cc1cc(N2CC[C@H](N3CCC[C@@H]3C)C2)ccc1NC(=O)Oc1c(C)noc1C. The highest BCUT2D eigenvalue weighted by Gasteiger charge is 2.33. The molecular weight excluding hydrogens is 368 g/mol. The minimum Gasteiger partial charge on any atom is -0.404 e. The number of amides is 1. The van der Waals surface area contributed by atoms with E-state index >= 15 is 0 Å². The number of nitrogens with one attached hydrogen (secondary N) is 1. The predicted molar refractivity (Wildman–Crippen MR) is 113 cm³/mol. The number of hydrogen-bond donors (Lipinski definition) is 1. The second kappa shape index (κ2) is 8.06. The summed E-state index contributed by atoms with van der Waals surface area (Å²) in [6.45, 7) is 11.2. The average Bonchev–Trinajstić information content (AvgIpc) is 3.40. The molecule has 2 atom stereocenters. The van der Waals surface area contributed by atoms with Crippen LogP contribution in [0.3, 0.4) is 0 Å². The number of aromatic nitrogens is 1. The number of ether oxygens (including phenoxy) is 1. The molecule has 7 nitrogen and oxygen atoms in total. The van der Waals surface area contributed by atoms with Crippen molar-refractivity contribution in [3.63, 3.8) is 0 Å². The molecule has 1 aromatic carbocycles. The zero-order valence-electron chi connectivity index (χ0n) is 17.7. The van der Waals surface area contributed by atoms with Crippen LogP contribution in [0, 0.1) is 20.8 Å². The average molecular weight is 399 g/mol. The highest BCUT2D eigenvalue weighted by molar-refractivity contribution is 5.87. The van der Waals surface area contributed by atoms with Gasteiger partial charge in [-0.25, -0.2) is 4.79 Å². The van der Waals surface area contributed by atoms with Crippen LogP contribution in [0.1, 0.15) is 43.2 Å². The smallest absolute Gasteiger partial charge is 0.404 e. The second-order valence-corrected chi connectivity index (χ2v) is 8.28. The van der Waals surface area contributed by atoms with E-state index in [-0.39, 0.29) is 0 Å². The lowest BCUT2D eigenvalue weighted by Gasteiger charge is -2.28. The van der Waals surface area contributed by atoms with Crippen molar-refractivity contribution in [3.8, 4) is 5.75 Å². The highest BCUT2D eigenvalue weighted by atomic mass is 16.6. The number of rotatable bonds is 4. The largest absolute Gasteiger partial charge is 0.417 e. The van der Waals surface area contributed by atoms with Gasteiger partial charge in [-0.2, -0.15) is 0 Å². The van der Waals surface area contributed by atoms with Crippen molar-refractivity contribution in [1.29, 1.82) is 0 Å². The Bertz CT molecular complexity index is 875. The monoisotopic (exact) mass is 398 g/mol. The second-order valence-electron chi connectivity index (χ2n) is 8.28. The molecule has 4 rings (SSSR count). The number of nitrogens with zero attached hydrogens (tertiary/aromatic N) is 3. The fraction of sp³-hybridized carbons (Fsp3) is 0.545. The minimum atomic E-state index is -0.542. The first kappa shape index (κ1) is 19.8. The summed E-state index contributed by atoms with van der Waals surface area (Å²) >= 11 is 0. The number of aryl methyl sites for hydroxylation is 3. The first-order valence-electron chi connectivity index (χ1n) is 10.5. The van der Waals surface area contributed by atoms with E-state index in [0.717, 1.165) is 24.3 Å². The molecule has 1 amide bonds. The molecular formula is C22H30N4O3. The van der Waals surface area contributed by atoms with E-state index in [1.807, 2.05) is 13.0 Å². The number of hydrogen-bond acceptors (Lipinski definition) is 6. The summed E-state index contributed by atoms with van der Waals surface area (Å²) in [5.41, 5.74) is 3.52. The number of carbonyl (C=O) groups is 1. The van der Waals surface area contributed by atoms with Gasteiger partial charge in [0, 0.05) is 43.5 Å². The molecule has 2 saturated heterocycles. The fourth-order valence-electron chi connectivity index (χ4n) is 4.58. The molecule has 2 aliphatic heterocycles. The van der Waals surface area contributed by atoms with E-state index in [1.54, 1.807) is 13.8 Å². The molecule has 7 heteroatoms. The van der Waals surface area contributed by atoms with Gasteiger partial charge in [0.1, 0.15) is 5.69 Å². The predicted octanol–water partition coefficient (Wildman–Crippen LogP) is 4.27. The summed E-state index contributed by atoms with van der Waals surface area (Å²) in [5, 5.41) is 6.62. The molecule has 1 N–H and O–H groups in total. The molecule has 0 radical (unpaired) electrons. The van der Waals surface area contributed by atoms with Gasteiger partial charge in [-0.1, -0.05) is 5.16 Å². The van der Waals surface area contributed by atoms with Crippen molar-refractivity contribution in [2.45, 2.75) is 59.0 Å². The van der Waals surface area contributed by atoms with Crippen LogP contribution in [0.5, 0.6) is 5.75 Å². The Hall–Kier alpha value is -2.54. The molecule has 0 aliphatic carbocycles. The summed E-state index contributed by atoms with van der Waals surface area (Å²) in [5.74, 6) is 0.858. The maximum Gasteiger partial charge on any atom is 0.417 e. The Labute approximate surface area is 172 Å². The molecule has 2 fully saturated rings. The van der Waals surface area contributed by atoms with E-state index in [2.05, 4.69) is 39.3 Å². The Kier molecular flexibility index (Phi) is 5.50.